The number of benzene rings is 1. The minimum absolute atomic E-state index is 0.124. The second kappa shape index (κ2) is 8.36. The smallest absolute Gasteiger partial charge is 0.411 e. The molecule has 0 saturated heterocycles. The molecule has 0 aliphatic carbocycles. The maximum absolute atomic E-state index is 12.2. The van der Waals surface area contributed by atoms with E-state index in [1.807, 2.05) is 0 Å². The van der Waals surface area contributed by atoms with E-state index in [1.54, 1.807) is 41.8 Å². The molecular formula is C18H15F3N2O3S. The first-order valence-electron chi connectivity index (χ1n) is 7.90. The fourth-order valence-corrected chi connectivity index (χ4v) is 2.97. The van der Waals surface area contributed by atoms with Gasteiger partial charge in [-0.15, -0.1) is 11.3 Å². The molecule has 0 aliphatic heterocycles. The molecule has 0 spiro atoms. The fraction of sp³-hybridized carbons (Fsp3) is 0.222. The molecule has 2 aromatic heterocycles. The molecule has 0 atom stereocenters. The number of hydrogen-bond donors (Lipinski definition) is 1. The normalized spacial score (nSPS) is 11.5. The molecule has 0 aliphatic rings. The van der Waals surface area contributed by atoms with Gasteiger partial charge in [-0.3, -0.25) is 4.79 Å². The minimum Gasteiger partial charge on any atom is -0.462 e. The number of furan rings is 1. The molecule has 2 heterocycles. The molecule has 3 aromatic rings. The zero-order valence-corrected chi connectivity index (χ0v) is 14.8. The second-order valence-corrected chi connectivity index (χ2v) is 6.48. The van der Waals surface area contributed by atoms with E-state index in [4.69, 9.17) is 4.42 Å². The van der Waals surface area contributed by atoms with Gasteiger partial charge in [0.15, 0.2) is 10.8 Å². The van der Waals surface area contributed by atoms with Gasteiger partial charge in [0.05, 0.1) is 12.9 Å². The summed E-state index contributed by atoms with van der Waals surface area (Å²) in [5.41, 5.74) is 1.73. The minimum atomic E-state index is -4.34. The summed E-state index contributed by atoms with van der Waals surface area (Å²) >= 11 is 1.31. The maximum Gasteiger partial charge on any atom is 0.411 e. The number of nitrogens with one attached hydrogen (secondary N) is 1. The third-order valence-electron chi connectivity index (χ3n) is 3.48. The van der Waals surface area contributed by atoms with Gasteiger partial charge in [-0.05, 0) is 23.3 Å². The number of rotatable bonds is 7. The Bertz CT molecular complexity index is 874. The van der Waals surface area contributed by atoms with Crippen LogP contribution in [-0.2, 0) is 17.9 Å². The molecule has 5 nitrogen and oxygen atoms in total. The van der Waals surface area contributed by atoms with Crippen molar-refractivity contribution in [3.8, 4) is 10.8 Å². The van der Waals surface area contributed by atoms with Crippen LogP contribution in [0.5, 0.6) is 0 Å². The quantitative estimate of drug-likeness (QED) is 0.643. The van der Waals surface area contributed by atoms with Crippen molar-refractivity contribution < 1.29 is 27.1 Å². The van der Waals surface area contributed by atoms with Crippen molar-refractivity contribution in [2.24, 2.45) is 0 Å². The molecule has 1 aromatic carbocycles. The molecule has 9 heteroatoms. The third kappa shape index (κ3) is 5.66. The number of nitrogens with zero attached hydrogens (tertiary/aromatic N) is 1. The van der Waals surface area contributed by atoms with Crippen molar-refractivity contribution >= 4 is 17.2 Å². The predicted octanol–water partition coefficient (Wildman–Crippen LogP) is 4.41. The molecule has 3 rings (SSSR count). The van der Waals surface area contributed by atoms with E-state index in [0.29, 0.717) is 22.0 Å². The Labute approximate surface area is 156 Å². The van der Waals surface area contributed by atoms with Gasteiger partial charge >= 0.3 is 6.18 Å². The Morgan fingerprint density at radius 3 is 2.59 bits per heavy atom. The molecule has 27 heavy (non-hydrogen) atoms. The van der Waals surface area contributed by atoms with Crippen LogP contribution < -0.4 is 5.32 Å². The Kier molecular flexibility index (Phi) is 5.92. The Morgan fingerprint density at radius 2 is 1.93 bits per heavy atom. The summed E-state index contributed by atoms with van der Waals surface area (Å²) < 4.78 is 46.0. The summed E-state index contributed by atoms with van der Waals surface area (Å²) in [6, 6.07) is 10.3. The largest absolute Gasteiger partial charge is 0.462 e. The number of thiazole rings is 1. The van der Waals surface area contributed by atoms with Crippen LogP contribution >= 0.6 is 11.3 Å². The van der Waals surface area contributed by atoms with Gasteiger partial charge in [-0.2, -0.15) is 13.2 Å². The number of carbonyl (C=O) groups is 1. The van der Waals surface area contributed by atoms with Crippen molar-refractivity contribution in [3.05, 3.63) is 64.9 Å². The van der Waals surface area contributed by atoms with Gasteiger partial charge in [-0.1, -0.05) is 24.3 Å². The van der Waals surface area contributed by atoms with Gasteiger partial charge in [-0.25, -0.2) is 4.98 Å². The van der Waals surface area contributed by atoms with E-state index in [-0.39, 0.29) is 19.1 Å². The second-order valence-electron chi connectivity index (χ2n) is 5.62. The summed E-state index contributed by atoms with van der Waals surface area (Å²) in [5.74, 6) is 0.282. The molecular weight excluding hydrogens is 381 g/mol. The van der Waals surface area contributed by atoms with Crippen molar-refractivity contribution in [1.82, 2.24) is 10.3 Å². The van der Waals surface area contributed by atoms with E-state index in [9.17, 15) is 18.0 Å². The summed E-state index contributed by atoms with van der Waals surface area (Å²) in [6.45, 7) is -1.13. The van der Waals surface area contributed by atoms with Gasteiger partial charge < -0.3 is 14.5 Å². The molecule has 142 valence electrons. The lowest BCUT2D eigenvalue weighted by atomic mass is 10.1. The zero-order valence-electron chi connectivity index (χ0n) is 14.0. The molecule has 0 unspecified atom stereocenters. The van der Waals surface area contributed by atoms with Crippen LogP contribution in [-0.4, -0.2) is 23.7 Å². The Morgan fingerprint density at radius 1 is 1.19 bits per heavy atom. The first kappa shape index (κ1) is 19.1. The molecule has 0 saturated carbocycles. The molecule has 0 bridgehead atoms. The van der Waals surface area contributed by atoms with E-state index < -0.39 is 12.8 Å². The number of aromatic nitrogens is 1. The van der Waals surface area contributed by atoms with E-state index in [1.165, 1.54) is 17.6 Å². The first-order valence-corrected chi connectivity index (χ1v) is 8.78. The lowest BCUT2D eigenvalue weighted by Crippen LogP contribution is -2.23. The summed E-state index contributed by atoms with van der Waals surface area (Å²) in [5, 5.41) is 5.02. The van der Waals surface area contributed by atoms with Crippen molar-refractivity contribution in [2.75, 3.05) is 6.61 Å². The molecule has 1 N–H and O–H groups in total. The van der Waals surface area contributed by atoms with Crippen LogP contribution in [0.4, 0.5) is 13.2 Å². The summed E-state index contributed by atoms with van der Waals surface area (Å²) in [4.78, 5) is 16.4. The number of halogens is 3. The first-order chi connectivity index (χ1) is 12.9. The highest BCUT2D eigenvalue weighted by Crippen LogP contribution is 2.23. The lowest BCUT2D eigenvalue weighted by Gasteiger charge is -2.08. The predicted molar refractivity (Wildman–Crippen MR) is 93.1 cm³/mol. The lowest BCUT2D eigenvalue weighted by molar-refractivity contribution is -0.176. The SMILES string of the molecule is O=C(NCc1ccc(COCC(F)(F)F)cc1)c1csc(-c2ccco2)n1. The Hall–Kier alpha value is -2.65. The standard InChI is InChI=1S/C18H15F3N2O3S/c19-18(20,21)11-25-9-13-5-3-12(4-6-13)8-22-16(24)14-10-27-17(23-14)15-2-1-7-26-15/h1-7,10H,8-9,11H2,(H,22,24). The zero-order chi connectivity index (χ0) is 19.3. The van der Waals surface area contributed by atoms with E-state index in [2.05, 4.69) is 15.0 Å². The highest BCUT2D eigenvalue weighted by atomic mass is 32.1. The number of carbonyl (C=O) groups excluding carboxylic acids is 1. The van der Waals surface area contributed by atoms with Crippen LogP contribution in [0.1, 0.15) is 21.6 Å². The fourth-order valence-electron chi connectivity index (χ4n) is 2.20. The monoisotopic (exact) mass is 396 g/mol. The van der Waals surface area contributed by atoms with Gasteiger partial charge in [0.25, 0.3) is 5.91 Å². The topological polar surface area (TPSA) is 64.4 Å². The van der Waals surface area contributed by atoms with Crippen LogP contribution in [0.15, 0.2) is 52.5 Å². The van der Waals surface area contributed by atoms with Gasteiger partial charge in [0, 0.05) is 11.9 Å². The van der Waals surface area contributed by atoms with Crippen LogP contribution in [0.2, 0.25) is 0 Å². The van der Waals surface area contributed by atoms with Crippen molar-refractivity contribution in [1.29, 1.82) is 0 Å². The number of ether oxygens (including phenoxy) is 1. The maximum atomic E-state index is 12.2. The number of amides is 1. The third-order valence-corrected chi connectivity index (χ3v) is 4.34. The van der Waals surface area contributed by atoms with Crippen LogP contribution in [0, 0.1) is 0 Å². The van der Waals surface area contributed by atoms with Crippen LogP contribution in [0.25, 0.3) is 10.8 Å². The molecule has 1 amide bonds. The van der Waals surface area contributed by atoms with Crippen LogP contribution in [0.3, 0.4) is 0 Å². The highest BCUT2D eigenvalue weighted by Gasteiger charge is 2.27. The van der Waals surface area contributed by atoms with Crippen molar-refractivity contribution in [2.45, 2.75) is 19.3 Å². The molecule has 0 fully saturated rings. The van der Waals surface area contributed by atoms with E-state index in [0.717, 1.165) is 5.56 Å². The summed E-state index contributed by atoms with van der Waals surface area (Å²) in [7, 11) is 0. The van der Waals surface area contributed by atoms with Crippen molar-refractivity contribution in [3.63, 3.8) is 0 Å². The van der Waals surface area contributed by atoms with Gasteiger partial charge in [0.1, 0.15) is 12.3 Å². The molecule has 0 radical (unpaired) electrons. The highest BCUT2D eigenvalue weighted by molar-refractivity contribution is 7.13. The number of alkyl halides is 3. The average Bonchev–Trinajstić information content (AvgIpc) is 3.31. The Balaban J connectivity index is 1.49. The average molecular weight is 396 g/mol. The summed E-state index contributed by atoms with van der Waals surface area (Å²) in [6.07, 6.45) is -2.80. The number of hydrogen-bond acceptors (Lipinski definition) is 5. The van der Waals surface area contributed by atoms with Gasteiger partial charge in [0.2, 0.25) is 0 Å². The van der Waals surface area contributed by atoms with E-state index >= 15 is 0 Å².